The summed E-state index contributed by atoms with van der Waals surface area (Å²) >= 11 is 6.11. The summed E-state index contributed by atoms with van der Waals surface area (Å²) in [7, 11) is 0. The lowest BCUT2D eigenvalue weighted by atomic mass is 10.2. The van der Waals surface area contributed by atoms with Crippen LogP contribution in [0.5, 0.6) is 0 Å². The zero-order valence-corrected chi connectivity index (χ0v) is 16.1. The van der Waals surface area contributed by atoms with Crippen LogP contribution in [0.4, 0.5) is 10.1 Å². The van der Waals surface area contributed by atoms with Crippen LogP contribution < -0.4 is 10.2 Å². The van der Waals surface area contributed by atoms with Crippen LogP contribution in [-0.2, 0) is 11.3 Å². The molecule has 4 nitrogen and oxygen atoms in total. The number of hydrogen-bond acceptors (Lipinski definition) is 3. The van der Waals surface area contributed by atoms with E-state index >= 15 is 0 Å². The van der Waals surface area contributed by atoms with Gasteiger partial charge in [0.05, 0.1) is 0 Å². The minimum absolute atomic E-state index is 0.0366. The van der Waals surface area contributed by atoms with Crippen LogP contribution in [0.25, 0.3) is 0 Å². The van der Waals surface area contributed by atoms with Gasteiger partial charge in [0.25, 0.3) is 0 Å². The molecule has 0 radical (unpaired) electrons. The second kappa shape index (κ2) is 9.72. The van der Waals surface area contributed by atoms with E-state index in [2.05, 4.69) is 15.1 Å². The molecular formula is C21H25ClFN3O. The first-order valence-corrected chi connectivity index (χ1v) is 9.72. The number of anilines is 1. The zero-order chi connectivity index (χ0) is 19.1. The summed E-state index contributed by atoms with van der Waals surface area (Å²) in [6, 6.07) is 14.2. The average molecular weight is 390 g/mol. The number of carbonyl (C=O) groups is 1. The Balaban J connectivity index is 1.41. The van der Waals surface area contributed by atoms with Crippen molar-refractivity contribution >= 4 is 23.2 Å². The van der Waals surface area contributed by atoms with E-state index in [1.165, 1.54) is 12.1 Å². The molecule has 1 heterocycles. The standard InChI is InChI=1S/C21H25ClFN3O/c22-20-5-2-1-4-17(20)16-24-21(27)10-13-25-11-3-12-26(15-14-25)19-8-6-18(23)7-9-19/h1-2,4-9H,3,10-16H2,(H,24,27). The predicted molar refractivity (Wildman–Crippen MR) is 108 cm³/mol. The zero-order valence-electron chi connectivity index (χ0n) is 15.3. The molecule has 2 aromatic carbocycles. The van der Waals surface area contributed by atoms with Gasteiger partial charge in [-0.3, -0.25) is 4.79 Å². The topological polar surface area (TPSA) is 35.6 Å². The molecule has 1 amide bonds. The lowest BCUT2D eigenvalue weighted by Crippen LogP contribution is -2.34. The summed E-state index contributed by atoms with van der Waals surface area (Å²) in [5, 5.41) is 3.61. The highest BCUT2D eigenvalue weighted by atomic mass is 35.5. The Bertz CT molecular complexity index is 753. The van der Waals surface area contributed by atoms with Crippen molar-refractivity contribution in [3.63, 3.8) is 0 Å². The fourth-order valence-corrected chi connectivity index (χ4v) is 3.49. The van der Waals surface area contributed by atoms with Crippen molar-refractivity contribution in [3.05, 3.63) is 64.9 Å². The van der Waals surface area contributed by atoms with Crippen LogP contribution in [0.2, 0.25) is 5.02 Å². The van der Waals surface area contributed by atoms with Crippen molar-refractivity contribution < 1.29 is 9.18 Å². The summed E-state index contributed by atoms with van der Waals surface area (Å²) in [6.45, 7) is 4.89. The SMILES string of the molecule is O=C(CCN1CCCN(c2ccc(F)cc2)CC1)NCc1ccccc1Cl. The van der Waals surface area contributed by atoms with E-state index in [-0.39, 0.29) is 11.7 Å². The molecule has 1 aliphatic heterocycles. The molecule has 1 saturated heterocycles. The van der Waals surface area contributed by atoms with Crippen LogP contribution >= 0.6 is 11.6 Å². The summed E-state index contributed by atoms with van der Waals surface area (Å²) in [5.74, 6) is -0.174. The van der Waals surface area contributed by atoms with Gasteiger partial charge in [0.15, 0.2) is 0 Å². The van der Waals surface area contributed by atoms with E-state index in [0.717, 1.165) is 50.4 Å². The highest BCUT2D eigenvalue weighted by Gasteiger charge is 2.16. The number of carbonyl (C=O) groups excluding carboxylic acids is 1. The van der Waals surface area contributed by atoms with Crippen LogP contribution in [0.3, 0.4) is 0 Å². The number of benzene rings is 2. The van der Waals surface area contributed by atoms with E-state index in [1.807, 2.05) is 36.4 Å². The molecule has 0 aromatic heterocycles. The third-order valence-corrected chi connectivity index (χ3v) is 5.24. The Morgan fingerprint density at radius 3 is 2.59 bits per heavy atom. The third-order valence-electron chi connectivity index (χ3n) is 4.87. The van der Waals surface area contributed by atoms with Crippen LogP contribution in [0.1, 0.15) is 18.4 Å². The van der Waals surface area contributed by atoms with Crippen molar-refractivity contribution in [3.8, 4) is 0 Å². The summed E-state index contributed by atoms with van der Waals surface area (Å²) in [4.78, 5) is 16.7. The monoisotopic (exact) mass is 389 g/mol. The lowest BCUT2D eigenvalue weighted by molar-refractivity contribution is -0.121. The molecule has 144 valence electrons. The molecule has 0 aliphatic carbocycles. The Labute approximate surface area is 164 Å². The van der Waals surface area contributed by atoms with Crippen LogP contribution in [0.15, 0.2) is 48.5 Å². The largest absolute Gasteiger partial charge is 0.370 e. The van der Waals surface area contributed by atoms with Gasteiger partial charge in [-0.05, 0) is 48.9 Å². The molecule has 6 heteroatoms. The first-order valence-electron chi connectivity index (χ1n) is 9.35. The highest BCUT2D eigenvalue weighted by Crippen LogP contribution is 2.17. The average Bonchev–Trinajstić information content (AvgIpc) is 2.92. The molecule has 0 bridgehead atoms. The minimum atomic E-state index is -0.210. The third kappa shape index (κ3) is 5.94. The summed E-state index contributed by atoms with van der Waals surface area (Å²) in [5.41, 5.74) is 1.98. The predicted octanol–water partition coefficient (Wildman–Crippen LogP) is 3.70. The molecule has 1 aliphatic rings. The van der Waals surface area contributed by atoms with Crippen molar-refractivity contribution in [1.29, 1.82) is 0 Å². The number of amides is 1. The van der Waals surface area contributed by atoms with E-state index in [4.69, 9.17) is 11.6 Å². The fourth-order valence-electron chi connectivity index (χ4n) is 3.29. The van der Waals surface area contributed by atoms with Gasteiger partial charge >= 0.3 is 0 Å². The van der Waals surface area contributed by atoms with E-state index in [0.29, 0.717) is 18.0 Å². The van der Waals surface area contributed by atoms with Gasteiger partial charge in [0, 0.05) is 49.9 Å². The fraction of sp³-hybridized carbons (Fsp3) is 0.381. The number of nitrogens with one attached hydrogen (secondary N) is 1. The van der Waals surface area contributed by atoms with Gasteiger partial charge < -0.3 is 15.1 Å². The second-order valence-corrected chi connectivity index (χ2v) is 7.18. The Kier molecular flexibility index (Phi) is 7.07. The van der Waals surface area contributed by atoms with Crippen molar-refractivity contribution in [2.75, 3.05) is 37.6 Å². The van der Waals surface area contributed by atoms with E-state index in [9.17, 15) is 9.18 Å². The Morgan fingerprint density at radius 2 is 1.81 bits per heavy atom. The first kappa shape index (κ1) is 19.6. The van der Waals surface area contributed by atoms with E-state index < -0.39 is 0 Å². The normalized spacial score (nSPS) is 15.4. The smallest absolute Gasteiger partial charge is 0.221 e. The second-order valence-electron chi connectivity index (χ2n) is 6.78. The molecule has 2 aromatic rings. The van der Waals surface area contributed by atoms with Gasteiger partial charge in [0.1, 0.15) is 5.82 Å². The van der Waals surface area contributed by atoms with Crippen molar-refractivity contribution in [2.45, 2.75) is 19.4 Å². The van der Waals surface area contributed by atoms with E-state index in [1.54, 1.807) is 0 Å². The molecular weight excluding hydrogens is 365 g/mol. The van der Waals surface area contributed by atoms with Gasteiger partial charge in [-0.2, -0.15) is 0 Å². The first-order chi connectivity index (χ1) is 13.1. The number of halogens is 2. The number of rotatable bonds is 6. The minimum Gasteiger partial charge on any atom is -0.370 e. The van der Waals surface area contributed by atoms with Gasteiger partial charge in [-0.25, -0.2) is 4.39 Å². The molecule has 1 fully saturated rings. The van der Waals surface area contributed by atoms with Crippen LogP contribution in [0, 0.1) is 5.82 Å². The lowest BCUT2D eigenvalue weighted by Gasteiger charge is -2.23. The molecule has 1 N–H and O–H groups in total. The Hall–Kier alpha value is -2.11. The van der Waals surface area contributed by atoms with Crippen LogP contribution in [-0.4, -0.2) is 43.5 Å². The molecule has 0 spiro atoms. The molecule has 0 atom stereocenters. The summed E-state index contributed by atoms with van der Waals surface area (Å²) in [6.07, 6.45) is 1.50. The summed E-state index contributed by atoms with van der Waals surface area (Å²) < 4.78 is 13.1. The van der Waals surface area contributed by atoms with Crippen molar-refractivity contribution in [2.24, 2.45) is 0 Å². The van der Waals surface area contributed by atoms with Crippen molar-refractivity contribution in [1.82, 2.24) is 10.2 Å². The van der Waals surface area contributed by atoms with Gasteiger partial charge in [-0.15, -0.1) is 0 Å². The Morgan fingerprint density at radius 1 is 1.04 bits per heavy atom. The maximum atomic E-state index is 13.1. The molecule has 0 saturated carbocycles. The molecule has 3 rings (SSSR count). The molecule has 0 unspecified atom stereocenters. The quantitative estimate of drug-likeness (QED) is 0.818. The number of hydrogen-bond donors (Lipinski definition) is 1. The van der Waals surface area contributed by atoms with Gasteiger partial charge in [0.2, 0.25) is 5.91 Å². The highest BCUT2D eigenvalue weighted by molar-refractivity contribution is 6.31. The van der Waals surface area contributed by atoms with Gasteiger partial charge in [-0.1, -0.05) is 29.8 Å². The number of nitrogens with zero attached hydrogens (tertiary/aromatic N) is 2. The maximum Gasteiger partial charge on any atom is 0.221 e. The molecule has 27 heavy (non-hydrogen) atoms. The maximum absolute atomic E-state index is 13.1.